The van der Waals surface area contributed by atoms with Gasteiger partial charge < -0.3 is 0 Å². The average molecular weight is 219 g/mol. The van der Waals surface area contributed by atoms with Crippen LogP contribution < -0.4 is 0 Å². The van der Waals surface area contributed by atoms with Crippen molar-refractivity contribution in [3.05, 3.63) is 35.9 Å². The van der Waals surface area contributed by atoms with Gasteiger partial charge in [-0.05, 0) is 5.56 Å². The molecule has 0 unspecified atom stereocenters. The maximum absolute atomic E-state index is 11.9. The molecule has 0 bridgehead atoms. The van der Waals surface area contributed by atoms with Gasteiger partial charge in [-0.1, -0.05) is 30.3 Å². The molecule has 1 N–H and O–H groups in total. The van der Waals surface area contributed by atoms with E-state index in [0.717, 1.165) is 0 Å². The second-order valence-corrected chi connectivity index (χ2v) is 2.85. The van der Waals surface area contributed by atoms with E-state index in [1.54, 1.807) is 18.2 Å². The van der Waals surface area contributed by atoms with Crippen molar-refractivity contribution in [2.75, 3.05) is 0 Å². The maximum atomic E-state index is 11.9. The third-order valence-electron chi connectivity index (χ3n) is 1.65. The Labute approximate surface area is 83.7 Å². The summed E-state index contributed by atoms with van der Waals surface area (Å²) in [7, 11) is 0. The summed E-state index contributed by atoms with van der Waals surface area (Å²) in [6.07, 6.45) is -5.05. The molecule has 0 aliphatic carbocycles. The summed E-state index contributed by atoms with van der Waals surface area (Å²) in [5.74, 6) is -2.27. The Morgan fingerprint density at radius 3 is 2.27 bits per heavy atom. The first-order chi connectivity index (χ1) is 6.91. The lowest BCUT2D eigenvalue weighted by molar-refractivity contribution is -0.217. The van der Waals surface area contributed by atoms with E-state index >= 15 is 0 Å². The van der Waals surface area contributed by atoms with Crippen LogP contribution in [0.4, 0.5) is 13.2 Å². The fourth-order valence-electron chi connectivity index (χ4n) is 0.974. The lowest BCUT2D eigenvalue weighted by atomic mass is 10.2. The summed E-state index contributed by atoms with van der Waals surface area (Å²) in [4.78, 5) is 10.5. The van der Waals surface area contributed by atoms with Crippen molar-refractivity contribution in [2.45, 2.75) is 12.7 Å². The van der Waals surface area contributed by atoms with Crippen molar-refractivity contribution < 1.29 is 23.2 Å². The summed E-state index contributed by atoms with van der Waals surface area (Å²) < 4.78 is 35.6. The number of amides is 1. The Morgan fingerprint density at radius 2 is 1.80 bits per heavy atom. The third-order valence-corrected chi connectivity index (χ3v) is 1.65. The summed E-state index contributed by atoms with van der Waals surface area (Å²) in [6.45, 7) is -0.487. The van der Waals surface area contributed by atoms with E-state index in [9.17, 15) is 18.0 Å². The van der Waals surface area contributed by atoms with Gasteiger partial charge in [0.25, 0.3) is 0 Å². The second kappa shape index (κ2) is 4.31. The Kier molecular flexibility index (Phi) is 3.31. The summed E-state index contributed by atoms with van der Waals surface area (Å²) in [6, 6.07) is 7.89. The van der Waals surface area contributed by atoms with E-state index in [1.165, 1.54) is 12.1 Å². The molecule has 0 fully saturated rings. The fraction of sp³-hybridized carbons (Fsp3) is 0.222. The maximum Gasteiger partial charge on any atom is 0.473 e. The van der Waals surface area contributed by atoms with Gasteiger partial charge in [0.2, 0.25) is 0 Å². The highest BCUT2D eigenvalue weighted by Gasteiger charge is 2.42. The van der Waals surface area contributed by atoms with Crippen LogP contribution in [0, 0.1) is 0 Å². The van der Waals surface area contributed by atoms with E-state index in [-0.39, 0.29) is 5.06 Å². The predicted molar refractivity (Wildman–Crippen MR) is 44.8 cm³/mol. The number of carbonyl (C=O) groups is 1. The Balaban J connectivity index is 2.65. The molecule has 82 valence electrons. The molecule has 0 aromatic heterocycles. The first-order valence-electron chi connectivity index (χ1n) is 4.03. The normalized spacial score (nSPS) is 11.2. The van der Waals surface area contributed by atoms with Crippen molar-refractivity contribution in [2.24, 2.45) is 0 Å². The van der Waals surface area contributed by atoms with Gasteiger partial charge in [-0.15, -0.1) is 0 Å². The Bertz CT molecular complexity index is 337. The van der Waals surface area contributed by atoms with E-state index in [4.69, 9.17) is 5.21 Å². The highest BCUT2D eigenvalue weighted by Crippen LogP contribution is 2.18. The number of nitrogens with zero attached hydrogens (tertiary/aromatic N) is 1. The van der Waals surface area contributed by atoms with E-state index in [1.807, 2.05) is 0 Å². The van der Waals surface area contributed by atoms with Gasteiger partial charge in [-0.2, -0.15) is 13.2 Å². The van der Waals surface area contributed by atoms with Crippen molar-refractivity contribution >= 4 is 5.91 Å². The van der Waals surface area contributed by atoms with Gasteiger partial charge in [0.05, 0.1) is 6.54 Å². The molecule has 6 heteroatoms. The lowest BCUT2D eigenvalue weighted by Gasteiger charge is -2.16. The zero-order chi connectivity index (χ0) is 11.5. The largest absolute Gasteiger partial charge is 0.473 e. The number of hydrogen-bond acceptors (Lipinski definition) is 2. The van der Waals surface area contributed by atoms with Crippen LogP contribution in [0.1, 0.15) is 5.56 Å². The van der Waals surface area contributed by atoms with Crippen molar-refractivity contribution in [3.63, 3.8) is 0 Å². The molecule has 0 atom stereocenters. The van der Waals surface area contributed by atoms with Gasteiger partial charge in [0.1, 0.15) is 0 Å². The Hall–Kier alpha value is -1.56. The van der Waals surface area contributed by atoms with Crippen LogP contribution in [-0.2, 0) is 11.3 Å². The number of carbonyl (C=O) groups excluding carboxylic acids is 1. The molecule has 1 rings (SSSR count). The van der Waals surface area contributed by atoms with Gasteiger partial charge in [0.15, 0.2) is 0 Å². The number of hydrogen-bond donors (Lipinski definition) is 1. The van der Waals surface area contributed by atoms with Crippen LogP contribution >= 0.6 is 0 Å². The molecule has 1 aromatic rings. The average Bonchev–Trinajstić information content (AvgIpc) is 2.16. The number of hydroxylamine groups is 2. The highest BCUT2D eigenvalue weighted by molar-refractivity contribution is 5.80. The molecule has 0 radical (unpaired) electrons. The highest BCUT2D eigenvalue weighted by atomic mass is 19.4. The molecular weight excluding hydrogens is 211 g/mol. The van der Waals surface area contributed by atoms with Crippen molar-refractivity contribution in [1.29, 1.82) is 0 Å². The second-order valence-electron chi connectivity index (χ2n) is 2.85. The number of benzene rings is 1. The summed E-state index contributed by atoms with van der Waals surface area (Å²) in [5, 5.41) is 8.52. The van der Waals surface area contributed by atoms with Crippen LogP contribution in [0.3, 0.4) is 0 Å². The topological polar surface area (TPSA) is 40.5 Å². The van der Waals surface area contributed by atoms with E-state index < -0.39 is 18.6 Å². The lowest BCUT2D eigenvalue weighted by Crippen LogP contribution is -2.38. The quantitative estimate of drug-likeness (QED) is 0.610. The van der Waals surface area contributed by atoms with Gasteiger partial charge in [-0.3, -0.25) is 10.0 Å². The summed E-state index contributed by atoms with van der Waals surface area (Å²) in [5.41, 5.74) is 0.414. The van der Waals surface area contributed by atoms with Crippen LogP contribution in [0.5, 0.6) is 0 Å². The van der Waals surface area contributed by atoms with Gasteiger partial charge in [0, 0.05) is 0 Å². The van der Waals surface area contributed by atoms with Crippen LogP contribution in [0.25, 0.3) is 0 Å². The zero-order valence-corrected chi connectivity index (χ0v) is 7.53. The minimum Gasteiger partial charge on any atom is -0.285 e. The van der Waals surface area contributed by atoms with Gasteiger partial charge in [-0.25, -0.2) is 5.06 Å². The van der Waals surface area contributed by atoms with E-state index in [2.05, 4.69) is 0 Å². The molecular formula is C9H8F3NO2. The molecule has 0 aliphatic rings. The molecule has 0 saturated heterocycles. The number of halogens is 3. The van der Waals surface area contributed by atoms with Crippen molar-refractivity contribution in [3.8, 4) is 0 Å². The van der Waals surface area contributed by atoms with Crippen molar-refractivity contribution in [1.82, 2.24) is 5.06 Å². The SMILES string of the molecule is O=C(N(O)Cc1ccccc1)C(F)(F)F. The van der Waals surface area contributed by atoms with Gasteiger partial charge >= 0.3 is 12.1 Å². The molecule has 3 nitrogen and oxygen atoms in total. The minimum absolute atomic E-state index is 0.352. The first-order valence-corrected chi connectivity index (χ1v) is 4.03. The summed E-state index contributed by atoms with van der Waals surface area (Å²) >= 11 is 0. The zero-order valence-electron chi connectivity index (χ0n) is 7.53. The van der Waals surface area contributed by atoms with Crippen LogP contribution in [0.15, 0.2) is 30.3 Å². The molecule has 0 spiro atoms. The molecule has 0 aliphatic heterocycles. The van der Waals surface area contributed by atoms with Crippen LogP contribution in [0.2, 0.25) is 0 Å². The van der Waals surface area contributed by atoms with Crippen LogP contribution in [-0.4, -0.2) is 22.4 Å². The smallest absolute Gasteiger partial charge is 0.285 e. The third kappa shape index (κ3) is 3.25. The first kappa shape index (κ1) is 11.5. The van der Waals surface area contributed by atoms with E-state index in [0.29, 0.717) is 5.56 Å². The molecule has 1 aromatic carbocycles. The fourth-order valence-corrected chi connectivity index (χ4v) is 0.974. The monoisotopic (exact) mass is 219 g/mol. The number of alkyl halides is 3. The molecule has 15 heavy (non-hydrogen) atoms. The molecule has 1 amide bonds. The standard InChI is InChI=1S/C9H8F3NO2/c10-9(11,12)8(14)13(15)6-7-4-2-1-3-5-7/h1-5,15H,6H2. The number of rotatable bonds is 2. The Morgan fingerprint density at radius 1 is 1.27 bits per heavy atom. The molecule has 0 saturated carbocycles. The molecule has 0 heterocycles. The minimum atomic E-state index is -5.05. The predicted octanol–water partition coefficient (Wildman–Crippen LogP) is 1.97.